The molecule has 5 heteroatoms. The van der Waals surface area contributed by atoms with Gasteiger partial charge in [-0.15, -0.1) is 0 Å². The fraction of sp³-hybridized carbons (Fsp3) is 0.389. The zero-order valence-electron chi connectivity index (χ0n) is 13.2. The van der Waals surface area contributed by atoms with Gasteiger partial charge in [0.25, 0.3) is 0 Å². The van der Waals surface area contributed by atoms with Crippen LogP contribution in [0, 0.1) is 17.2 Å². The third-order valence-electron chi connectivity index (χ3n) is 3.74. The van der Waals surface area contributed by atoms with E-state index in [2.05, 4.69) is 6.07 Å². The van der Waals surface area contributed by atoms with Crippen molar-refractivity contribution in [1.29, 1.82) is 5.26 Å². The van der Waals surface area contributed by atoms with Crippen molar-refractivity contribution in [3.05, 3.63) is 47.0 Å². The van der Waals surface area contributed by atoms with Crippen LogP contribution in [-0.2, 0) is 19.1 Å². The molecule has 2 atom stereocenters. The van der Waals surface area contributed by atoms with Crippen LogP contribution in [0.15, 0.2) is 35.9 Å². The first kappa shape index (κ1) is 16.8. The molecule has 0 heterocycles. The summed E-state index contributed by atoms with van der Waals surface area (Å²) in [6.45, 7) is 3.91. The summed E-state index contributed by atoms with van der Waals surface area (Å²) in [6.07, 6.45) is 1.93. The Morgan fingerprint density at radius 2 is 1.96 bits per heavy atom. The summed E-state index contributed by atoms with van der Waals surface area (Å²) in [6, 6.07) is 9.48. The Morgan fingerprint density at radius 3 is 2.61 bits per heavy atom. The summed E-state index contributed by atoms with van der Waals surface area (Å²) in [5.74, 6) is -1.11. The van der Waals surface area contributed by atoms with Gasteiger partial charge in [0.05, 0.1) is 24.8 Å². The third-order valence-corrected chi connectivity index (χ3v) is 3.74. The first-order chi connectivity index (χ1) is 11.1. The molecule has 1 saturated carbocycles. The Balaban J connectivity index is 2.24. The van der Waals surface area contributed by atoms with E-state index in [4.69, 9.17) is 9.47 Å². The van der Waals surface area contributed by atoms with E-state index >= 15 is 0 Å². The number of esters is 2. The minimum Gasteiger partial charge on any atom is -0.463 e. The van der Waals surface area contributed by atoms with Crippen molar-refractivity contribution >= 4 is 11.9 Å². The Bertz CT molecular complexity index is 672. The molecule has 1 aromatic rings. The molecule has 5 nitrogen and oxygen atoms in total. The fourth-order valence-corrected chi connectivity index (χ4v) is 2.65. The normalized spacial score (nSPS) is 19.6. The van der Waals surface area contributed by atoms with Gasteiger partial charge >= 0.3 is 11.9 Å². The second kappa shape index (κ2) is 7.59. The quantitative estimate of drug-likeness (QED) is 0.596. The summed E-state index contributed by atoms with van der Waals surface area (Å²) in [7, 11) is 0. The van der Waals surface area contributed by atoms with E-state index < -0.39 is 11.9 Å². The van der Waals surface area contributed by atoms with Crippen molar-refractivity contribution in [3.8, 4) is 6.07 Å². The Labute approximate surface area is 135 Å². The average Bonchev–Trinajstić information content (AvgIpc) is 3.33. The van der Waals surface area contributed by atoms with E-state index in [0.717, 1.165) is 5.56 Å². The van der Waals surface area contributed by atoms with E-state index in [1.165, 1.54) is 6.08 Å². The summed E-state index contributed by atoms with van der Waals surface area (Å²) in [4.78, 5) is 23.8. The van der Waals surface area contributed by atoms with Crippen LogP contribution in [-0.4, -0.2) is 25.2 Å². The molecule has 0 bridgehead atoms. The Kier molecular flexibility index (Phi) is 5.53. The fourth-order valence-electron chi connectivity index (χ4n) is 2.65. The van der Waals surface area contributed by atoms with Gasteiger partial charge in [-0.1, -0.05) is 18.2 Å². The topological polar surface area (TPSA) is 76.4 Å². The predicted octanol–water partition coefficient (Wildman–Crippen LogP) is 2.71. The highest BCUT2D eigenvalue weighted by Crippen LogP contribution is 2.52. The van der Waals surface area contributed by atoms with Crippen molar-refractivity contribution in [1.82, 2.24) is 0 Å². The molecule has 1 fully saturated rings. The predicted molar refractivity (Wildman–Crippen MR) is 83.4 cm³/mol. The average molecular weight is 313 g/mol. The largest absolute Gasteiger partial charge is 0.463 e. The van der Waals surface area contributed by atoms with E-state index in [1.807, 2.05) is 12.1 Å². The molecule has 0 radical (unpaired) electrons. The molecule has 0 spiro atoms. The molecule has 0 unspecified atom stereocenters. The lowest BCUT2D eigenvalue weighted by Gasteiger charge is -2.08. The maximum Gasteiger partial charge on any atom is 0.334 e. The monoisotopic (exact) mass is 313 g/mol. The zero-order chi connectivity index (χ0) is 16.8. The molecule has 1 aliphatic rings. The molecule has 23 heavy (non-hydrogen) atoms. The van der Waals surface area contributed by atoms with Gasteiger partial charge in [0.15, 0.2) is 0 Å². The van der Waals surface area contributed by atoms with Crippen LogP contribution >= 0.6 is 0 Å². The van der Waals surface area contributed by atoms with Crippen LogP contribution in [0.25, 0.3) is 0 Å². The lowest BCUT2D eigenvalue weighted by atomic mass is 10.00. The molecule has 0 aromatic heterocycles. The number of carbonyl (C=O) groups is 2. The van der Waals surface area contributed by atoms with Gasteiger partial charge in [-0.2, -0.15) is 5.26 Å². The van der Waals surface area contributed by atoms with Gasteiger partial charge in [0.1, 0.15) is 0 Å². The van der Waals surface area contributed by atoms with Crippen molar-refractivity contribution < 1.29 is 19.1 Å². The first-order valence-corrected chi connectivity index (χ1v) is 7.66. The van der Waals surface area contributed by atoms with E-state index in [1.54, 1.807) is 26.0 Å². The summed E-state index contributed by atoms with van der Waals surface area (Å²) in [5, 5.41) is 9.20. The number of hydrogen-bond donors (Lipinski definition) is 0. The molecule has 0 aliphatic heterocycles. The highest BCUT2D eigenvalue weighted by Gasteiger charge is 2.45. The molecule has 0 N–H and O–H groups in total. The van der Waals surface area contributed by atoms with Crippen LogP contribution in [0.4, 0.5) is 0 Å². The maximum atomic E-state index is 12.1. The molecule has 0 saturated heterocycles. The number of carbonyl (C=O) groups excluding carboxylic acids is 2. The van der Waals surface area contributed by atoms with E-state index in [9.17, 15) is 14.9 Å². The molecule has 120 valence electrons. The minimum atomic E-state index is -0.547. The van der Waals surface area contributed by atoms with Gasteiger partial charge in [0, 0.05) is 11.6 Å². The highest BCUT2D eigenvalue weighted by atomic mass is 16.5. The molecule has 1 aromatic carbocycles. The summed E-state index contributed by atoms with van der Waals surface area (Å²) < 4.78 is 9.93. The molecular formula is C18H19NO4. The summed E-state index contributed by atoms with van der Waals surface area (Å²) >= 11 is 0. The number of ether oxygens (including phenoxy) is 2. The summed E-state index contributed by atoms with van der Waals surface area (Å²) in [5.41, 5.74) is 1.82. The Morgan fingerprint density at radius 1 is 1.26 bits per heavy atom. The molecule has 1 aliphatic carbocycles. The van der Waals surface area contributed by atoms with Gasteiger partial charge in [-0.05, 0) is 43.7 Å². The minimum absolute atomic E-state index is 0.0518. The van der Waals surface area contributed by atoms with Crippen molar-refractivity contribution in [2.45, 2.75) is 26.2 Å². The SMILES string of the molecule is CCOC(=O)/C=C(\C(=O)OCC)[C@@H]1C[C@@H]1c1ccccc1C#N. The zero-order valence-corrected chi connectivity index (χ0v) is 13.2. The molecule has 2 rings (SSSR count). The number of rotatable bonds is 6. The van der Waals surface area contributed by atoms with Gasteiger partial charge < -0.3 is 9.47 Å². The van der Waals surface area contributed by atoms with Crippen LogP contribution in [0.2, 0.25) is 0 Å². The smallest absolute Gasteiger partial charge is 0.334 e. The number of hydrogen-bond acceptors (Lipinski definition) is 5. The third kappa shape index (κ3) is 3.98. The number of nitrogens with zero attached hydrogens (tertiary/aromatic N) is 1. The highest BCUT2D eigenvalue weighted by molar-refractivity contribution is 5.97. The van der Waals surface area contributed by atoms with Crippen LogP contribution < -0.4 is 0 Å². The first-order valence-electron chi connectivity index (χ1n) is 7.66. The molecular weight excluding hydrogens is 294 g/mol. The standard InChI is InChI=1S/C18H19NO4/c1-3-22-17(20)10-16(18(21)23-4-2)15-9-14(15)13-8-6-5-7-12(13)11-19/h5-8,10,14-15H,3-4,9H2,1-2H3/b16-10-/t14-,15-/m1/s1. The van der Waals surface area contributed by atoms with Crippen molar-refractivity contribution in [2.24, 2.45) is 5.92 Å². The van der Waals surface area contributed by atoms with Crippen LogP contribution in [0.3, 0.4) is 0 Å². The van der Waals surface area contributed by atoms with Gasteiger partial charge in [0.2, 0.25) is 0 Å². The lowest BCUT2D eigenvalue weighted by molar-refractivity contribution is -0.141. The van der Waals surface area contributed by atoms with Crippen LogP contribution in [0.5, 0.6) is 0 Å². The van der Waals surface area contributed by atoms with E-state index in [-0.39, 0.29) is 25.0 Å². The van der Waals surface area contributed by atoms with Gasteiger partial charge in [-0.3, -0.25) is 0 Å². The van der Waals surface area contributed by atoms with Gasteiger partial charge in [-0.25, -0.2) is 9.59 Å². The van der Waals surface area contributed by atoms with E-state index in [0.29, 0.717) is 17.6 Å². The Hall–Kier alpha value is -2.61. The van der Waals surface area contributed by atoms with Crippen LogP contribution in [0.1, 0.15) is 37.3 Å². The number of nitriles is 1. The number of benzene rings is 1. The lowest BCUT2D eigenvalue weighted by Crippen LogP contribution is -2.13. The maximum absolute atomic E-state index is 12.1. The second-order valence-corrected chi connectivity index (χ2v) is 5.22. The molecule has 0 amide bonds. The van der Waals surface area contributed by atoms with Crippen molar-refractivity contribution in [2.75, 3.05) is 13.2 Å². The van der Waals surface area contributed by atoms with Crippen molar-refractivity contribution in [3.63, 3.8) is 0 Å². The second-order valence-electron chi connectivity index (χ2n) is 5.22.